The van der Waals surface area contributed by atoms with Crippen molar-refractivity contribution in [3.63, 3.8) is 0 Å². The number of nitrogens with zero attached hydrogens (tertiary/aromatic N) is 3. The molecule has 0 atom stereocenters. The Labute approximate surface area is 104 Å². The number of nitrogens with two attached hydrogens (primary N) is 1. The Morgan fingerprint density at radius 1 is 1.44 bits per heavy atom. The third-order valence-electron chi connectivity index (χ3n) is 2.39. The average molecular weight is 246 g/mol. The number of nitrogen functional groups attached to an aromatic ring is 1. The van der Waals surface area contributed by atoms with E-state index in [-0.39, 0.29) is 11.6 Å². The maximum absolute atomic E-state index is 12.0. The summed E-state index contributed by atoms with van der Waals surface area (Å²) >= 11 is 0. The third kappa shape index (κ3) is 2.46. The van der Waals surface area contributed by atoms with Gasteiger partial charge in [-0.3, -0.25) is 9.48 Å². The highest BCUT2D eigenvalue weighted by Crippen LogP contribution is 2.13. The molecule has 4 N–H and O–H groups in total. The maximum atomic E-state index is 12.0. The van der Waals surface area contributed by atoms with Crippen molar-refractivity contribution in [2.45, 2.75) is 6.92 Å². The van der Waals surface area contributed by atoms with Crippen molar-refractivity contribution in [1.29, 1.82) is 0 Å². The van der Waals surface area contributed by atoms with Crippen molar-refractivity contribution in [3.05, 3.63) is 35.8 Å². The Hall–Kier alpha value is -2.41. The number of aryl methyl sites for hydroxylation is 2. The number of amides is 1. The van der Waals surface area contributed by atoms with Gasteiger partial charge in [-0.2, -0.15) is 5.10 Å². The summed E-state index contributed by atoms with van der Waals surface area (Å²) < 4.78 is 1.64. The van der Waals surface area contributed by atoms with Gasteiger partial charge in [-0.1, -0.05) is 6.07 Å². The summed E-state index contributed by atoms with van der Waals surface area (Å²) in [6.07, 6.45) is 1.73. The number of anilines is 2. The summed E-state index contributed by atoms with van der Waals surface area (Å²) in [5.41, 5.74) is 4.09. The van der Waals surface area contributed by atoms with Gasteiger partial charge in [-0.05, 0) is 19.1 Å². The monoisotopic (exact) mass is 246 g/mol. The van der Waals surface area contributed by atoms with E-state index in [0.717, 1.165) is 5.69 Å². The molecule has 0 aliphatic rings. The lowest BCUT2D eigenvalue weighted by atomic mass is 10.3. The molecule has 0 saturated heterocycles. The van der Waals surface area contributed by atoms with Gasteiger partial charge in [0.25, 0.3) is 5.91 Å². The second kappa shape index (κ2) is 4.84. The molecule has 0 saturated carbocycles. The standard InChI is InChI=1S/C11H14N6O/c1-7-9(6-17(2)16-7)14-11(18)8-4-3-5-10(13-8)15-12/h3-6H,12H2,1-2H3,(H,13,15)(H,14,18). The van der Waals surface area contributed by atoms with Crippen molar-refractivity contribution in [2.75, 3.05) is 10.7 Å². The molecule has 0 aliphatic heterocycles. The normalized spacial score (nSPS) is 10.2. The van der Waals surface area contributed by atoms with E-state index in [1.165, 1.54) is 0 Å². The number of hydrogen-bond donors (Lipinski definition) is 3. The molecule has 0 spiro atoms. The van der Waals surface area contributed by atoms with Crippen LogP contribution in [0.4, 0.5) is 11.5 Å². The zero-order valence-electron chi connectivity index (χ0n) is 10.1. The molecular formula is C11H14N6O. The van der Waals surface area contributed by atoms with Gasteiger partial charge in [0.05, 0.1) is 11.4 Å². The van der Waals surface area contributed by atoms with Crippen LogP contribution >= 0.6 is 0 Å². The summed E-state index contributed by atoms with van der Waals surface area (Å²) in [7, 11) is 1.79. The fourth-order valence-corrected chi connectivity index (χ4v) is 1.55. The first-order valence-corrected chi connectivity index (χ1v) is 5.35. The second-order valence-electron chi connectivity index (χ2n) is 3.81. The third-order valence-corrected chi connectivity index (χ3v) is 2.39. The van der Waals surface area contributed by atoms with E-state index in [4.69, 9.17) is 5.84 Å². The molecule has 7 nitrogen and oxygen atoms in total. The predicted molar refractivity (Wildman–Crippen MR) is 67.9 cm³/mol. The summed E-state index contributed by atoms with van der Waals surface area (Å²) in [6, 6.07) is 4.99. The quantitative estimate of drug-likeness (QED) is 0.546. The molecule has 2 aromatic rings. The van der Waals surface area contributed by atoms with E-state index in [0.29, 0.717) is 11.5 Å². The Balaban J connectivity index is 2.19. The Bertz CT molecular complexity index is 577. The van der Waals surface area contributed by atoms with Crippen LogP contribution in [0.5, 0.6) is 0 Å². The average Bonchev–Trinajstić information content (AvgIpc) is 2.68. The molecule has 0 radical (unpaired) electrons. The molecule has 1 amide bonds. The summed E-state index contributed by atoms with van der Waals surface area (Å²) in [5, 5.41) is 6.89. The van der Waals surface area contributed by atoms with Crippen molar-refractivity contribution in [1.82, 2.24) is 14.8 Å². The van der Waals surface area contributed by atoms with Crippen LogP contribution in [0.2, 0.25) is 0 Å². The maximum Gasteiger partial charge on any atom is 0.274 e. The second-order valence-corrected chi connectivity index (χ2v) is 3.81. The lowest BCUT2D eigenvalue weighted by molar-refractivity contribution is 0.102. The first-order valence-electron chi connectivity index (χ1n) is 5.35. The highest BCUT2D eigenvalue weighted by Gasteiger charge is 2.11. The van der Waals surface area contributed by atoms with Gasteiger partial charge in [0.1, 0.15) is 11.5 Å². The van der Waals surface area contributed by atoms with Crippen LogP contribution in [-0.2, 0) is 7.05 Å². The van der Waals surface area contributed by atoms with Gasteiger partial charge in [0, 0.05) is 13.2 Å². The number of carbonyl (C=O) groups is 1. The minimum absolute atomic E-state index is 0.286. The molecule has 0 unspecified atom stereocenters. The lowest BCUT2D eigenvalue weighted by Crippen LogP contribution is -2.16. The van der Waals surface area contributed by atoms with Crippen LogP contribution in [0, 0.1) is 6.92 Å². The number of hydrogen-bond acceptors (Lipinski definition) is 5. The molecule has 94 valence electrons. The molecule has 2 aromatic heterocycles. The number of carbonyl (C=O) groups excluding carboxylic acids is 1. The Morgan fingerprint density at radius 2 is 2.22 bits per heavy atom. The van der Waals surface area contributed by atoms with Gasteiger partial charge in [-0.15, -0.1) is 0 Å². The topological polar surface area (TPSA) is 97.9 Å². The molecule has 2 rings (SSSR count). The molecule has 18 heavy (non-hydrogen) atoms. The number of rotatable bonds is 3. The number of pyridine rings is 1. The van der Waals surface area contributed by atoms with Crippen LogP contribution in [0.15, 0.2) is 24.4 Å². The van der Waals surface area contributed by atoms with Gasteiger partial charge in [-0.25, -0.2) is 10.8 Å². The van der Waals surface area contributed by atoms with Gasteiger partial charge < -0.3 is 10.7 Å². The van der Waals surface area contributed by atoms with Crippen molar-refractivity contribution < 1.29 is 4.79 Å². The van der Waals surface area contributed by atoms with E-state index in [1.807, 2.05) is 6.92 Å². The summed E-state index contributed by atoms with van der Waals surface area (Å²) in [4.78, 5) is 16.0. The van der Waals surface area contributed by atoms with Crippen LogP contribution in [0.3, 0.4) is 0 Å². The van der Waals surface area contributed by atoms with Gasteiger partial charge in [0.15, 0.2) is 0 Å². The van der Waals surface area contributed by atoms with Crippen LogP contribution < -0.4 is 16.6 Å². The van der Waals surface area contributed by atoms with E-state index in [2.05, 4.69) is 20.8 Å². The molecule has 0 bridgehead atoms. The van der Waals surface area contributed by atoms with E-state index < -0.39 is 0 Å². The number of nitrogens with one attached hydrogen (secondary N) is 2. The zero-order chi connectivity index (χ0) is 13.1. The lowest BCUT2D eigenvalue weighted by Gasteiger charge is -2.04. The number of hydrazine groups is 1. The molecule has 0 aromatic carbocycles. The molecule has 0 aliphatic carbocycles. The zero-order valence-corrected chi connectivity index (χ0v) is 10.1. The highest BCUT2D eigenvalue weighted by molar-refractivity contribution is 6.03. The van der Waals surface area contributed by atoms with Crippen LogP contribution in [0.25, 0.3) is 0 Å². The molecular weight excluding hydrogens is 232 g/mol. The van der Waals surface area contributed by atoms with E-state index >= 15 is 0 Å². The first kappa shape index (κ1) is 12.1. The predicted octanol–water partition coefficient (Wildman–Crippen LogP) is 0.661. The van der Waals surface area contributed by atoms with Crippen molar-refractivity contribution in [3.8, 4) is 0 Å². The fourth-order valence-electron chi connectivity index (χ4n) is 1.55. The minimum Gasteiger partial charge on any atom is -0.318 e. The fraction of sp³-hybridized carbons (Fsp3) is 0.182. The highest BCUT2D eigenvalue weighted by atomic mass is 16.1. The number of aromatic nitrogens is 3. The summed E-state index contributed by atoms with van der Waals surface area (Å²) in [5.74, 6) is 5.37. The van der Waals surface area contributed by atoms with Gasteiger partial charge >= 0.3 is 0 Å². The smallest absolute Gasteiger partial charge is 0.274 e. The van der Waals surface area contributed by atoms with Gasteiger partial charge in [0.2, 0.25) is 0 Å². The van der Waals surface area contributed by atoms with Crippen molar-refractivity contribution in [2.24, 2.45) is 12.9 Å². The molecule has 0 fully saturated rings. The van der Waals surface area contributed by atoms with E-state index in [1.54, 1.807) is 36.1 Å². The summed E-state index contributed by atoms with van der Waals surface area (Å²) in [6.45, 7) is 1.82. The Kier molecular flexibility index (Phi) is 3.24. The minimum atomic E-state index is -0.303. The Morgan fingerprint density at radius 3 is 2.83 bits per heavy atom. The van der Waals surface area contributed by atoms with Crippen molar-refractivity contribution >= 4 is 17.4 Å². The van der Waals surface area contributed by atoms with Crippen LogP contribution in [-0.4, -0.2) is 20.7 Å². The largest absolute Gasteiger partial charge is 0.318 e. The van der Waals surface area contributed by atoms with Crippen LogP contribution in [0.1, 0.15) is 16.2 Å². The first-order chi connectivity index (χ1) is 8.60. The molecule has 2 heterocycles. The molecule has 7 heteroatoms. The van der Waals surface area contributed by atoms with E-state index in [9.17, 15) is 4.79 Å². The SMILES string of the molecule is Cc1nn(C)cc1NC(=O)c1cccc(NN)n1.